The van der Waals surface area contributed by atoms with Gasteiger partial charge in [-0.1, -0.05) is 0 Å². The second-order valence-corrected chi connectivity index (χ2v) is 6.00. The molecule has 0 bridgehead atoms. The number of nitrogens with zero attached hydrogens (tertiary/aromatic N) is 2. The maximum Gasteiger partial charge on any atom is 0.246 e. The van der Waals surface area contributed by atoms with Crippen molar-refractivity contribution >= 4 is 21.7 Å². The van der Waals surface area contributed by atoms with Gasteiger partial charge in [-0.25, -0.2) is 13.4 Å². The Morgan fingerprint density at radius 1 is 1.55 bits per heavy atom. The standard InChI is InChI=1S/C11H18N4O4S/c1-15(8-10(16)13-6-7-19-2)20(17,18)9-4-3-5-14-11(9)12/h3-5H,6-8H2,1-2H3,(H2,12,14)(H,13,16). The largest absolute Gasteiger partial charge is 0.383 e. The average molecular weight is 302 g/mol. The van der Waals surface area contributed by atoms with E-state index in [-0.39, 0.29) is 17.3 Å². The van der Waals surface area contributed by atoms with E-state index in [9.17, 15) is 13.2 Å². The lowest BCUT2D eigenvalue weighted by Crippen LogP contribution is -2.39. The van der Waals surface area contributed by atoms with Crippen LogP contribution in [0, 0.1) is 0 Å². The van der Waals surface area contributed by atoms with Crippen molar-refractivity contribution in [3.8, 4) is 0 Å². The van der Waals surface area contributed by atoms with Crippen molar-refractivity contribution in [2.24, 2.45) is 0 Å². The van der Waals surface area contributed by atoms with Crippen molar-refractivity contribution in [2.45, 2.75) is 4.90 Å². The van der Waals surface area contributed by atoms with E-state index in [4.69, 9.17) is 10.5 Å². The fourth-order valence-corrected chi connectivity index (χ4v) is 2.61. The summed E-state index contributed by atoms with van der Waals surface area (Å²) in [5, 5.41) is 2.54. The van der Waals surface area contributed by atoms with Crippen molar-refractivity contribution < 1.29 is 17.9 Å². The smallest absolute Gasteiger partial charge is 0.246 e. The molecule has 0 aromatic carbocycles. The Balaban J connectivity index is 2.73. The monoisotopic (exact) mass is 302 g/mol. The highest BCUT2D eigenvalue weighted by Gasteiger charge is 2.25. The zero-order valence-corrected chi connectivity index (χ0v) is 12.2. The highest BCUT2D eigenvalue weighted by molar-refractivity contribution is 7.89. The second kappa shape index (κ2) is 7.17. The highest BCUT2D eigenvalue weighted by Crippen LogP contribution is 2.18. The quantitative estimate of drug-likeness (QED) is 0.627. The van der Waals surface area contributed by atoms with E-state index in [1.807, 2.05) is 0 Å². The summed E-state index contributed by atoms with van der Waals surface area (Å²) < 4.78 is 30.1. The number of rotatable bonds is 7. The van der Waals surface area contributed by atoms with Gasteiger partial charge in [0.15, 0.2) is 0 Å². The third kappa shape index (κ3) is 4.15. The number of carbonyl (C=O) groups is 1. The first-order valence-electron chi connectivity index (χ1n) is 5.82. The second-order valence-electron chi connectivity index (χ2n) is 3.99. The predicted octanol–water partition coefficient (Wildman–Crippen LogP) is -0.953. The molecule has 0 fully saturated rings. The van der Waals surface area contributed by atoms with Gasteiger partial charge in [0.2, 0.25) is 15.9 Å². The number of nitrogen functional groups attached to an aromatic ring is 1. The number of likely N-dealkylation sites (N-methyl/N-ethyl adjacent to an activating group) is 1. The molecule has 0 saturated carbocycles. The number of carbonyl (C=O) groups excluding carboxylic acids is 1. The SMILES string of the molecule is COCCNC(=O)CN(C)S(=O)(=O)c1cccnc1N. The van der Waals surface area contributed by atoms with Crippen molar-refractivity contribution in [1.29, 1.82) is 0 Å². The van der Waals surface area contributed by atoms with Gasteiger partial charge in [0.05, 0.1) is 13.2 Å². The van der Waals surface area contributed by atoms with E-state index in [2.05, 4.69) is 10.3 Å². The summed E-state index contributed by atoms with van der Waals surface area (Å²) in [6.07, 6.45) is 1.39. The molecule has 20 heavy (non-hydrogen) atoms. The van der Waals surface area contributed by atoms with Gasteiger partial charge in [-0.3, -0.25) is 4.79 Å². The Labute approximate surface area is 118 Å². The molecule has 0 saturated heterocycles. The summed E-state index contributed by atoms with van der Waals surface area (Å²) in [7, 11) is -1.03. The highest BCUT2D eigenvalue weighted by atomic mass is 32.2. The molecule has 0 aliphatic heterocycles. The van der Waals surface area contributed by atoms with Crippen LogP contribution in [0.3, 0.4) is 0 Å². The Kier molecular flexibility index (Phi) is 5.86. The lowest BCUT2D eigenvalue weighted by molar-refractivity contribution is -0.121. The summed E-state index contributed by atoms with van der Waals surface area (Å²) in [6.45, 7) is 0.371. The number of methoxy groups -OCH3 is 1. The minimum Gasteiger partial charge on any atom is -0.383 e. The number of amides is 1. The van der Waals surface area contributed by atoms with Gasteiger partial charge in [-0.15, -0.1) is 0 Å². The van der Waals surface area contributed by atoms with Gasteiger partial charge in [0.1, 0.15) is 10.7 Å². The molecule has 0 radical (unpaired) electrons. The molecule has 3 N–H and O–H groups in total. The van der Waals surface area contributed by atoms with Crippen LogP contribution >= 0.6 is 0 Å². The molecule has 0 spiro atoms. The molecule has 1 aromatic rings. The van der Waals surface area contributed by atoms with E-state index in [0.717, 1.165) is 4.31 Å². The number of hydrogen-bond donors (Lipinski definition) is 2. The molecule has 1 aromatic heterocycles. The van der Waals surface area contributed by atoms with Crippen molar-refractivity contribution in [2.75, 3.05) is 39.6 Å². The Hall–Kier alpha value is -1.71. The molecule has 9 heteroatoms. The van der Waals surface area contributed by atoms with E-state index in [0.29, 0.717) is 13.2 Å². The van der Waals surface area contributed by atoms with Crippen molar-refractivity contribution in [3.63, 3.8) is 0 Å². The Morgan fingerprint density at radius 3 is 2.85 bits per heavy atom. The number of anilines is 1. The molecule has 1 heterocycles. The van der Waals surface area contributed by atoms with Crippen LogP contribution in [0.2, 0.25) is 0 Å². The van der Waals surface area contributed by atoms with Crippen LogP contribution in [0.15, 0.2) is 23.2 Å². The minimum absolute atomic E-state index is 0.0980. The number of sulfonamides is 1. The number of hydrogen-bond acceptors (Lipinski definition) is 6. The van der Waals surface area contributed by atoms with Gasteiger partial charge < -0.3 is 15.8 Å². The normalized spacial score (nSPS) is 11.6. The van der Waals surface area contributed by atoms with Crippen LogP contribution < -0.4 is 11.1 Å². The van der Waals surface area contributed by atoms with E-state index >= 15 is 0 Å². The van der Waals surface area contributed by atoms with Gasteiger partial charge in [0.25, 0.3) is 0 Å². The summed E-state index contributed by atoms with van der Waals surface area (Å²) >= 11 is 0. The molecule has 8 nitrogen and oxygen atoms in total. The zero-order valence-electron chi connectivity index (χ0n) is 11.4. The maximum absolute atomic E-state index is 12.2. The van der Waals surface area contributed by atoms with Gasteiger partial charge in [0, 0.05) is 26.9 Å². The fraction of sp³-hybridized carbons (Fsp3) is 0.455. The van der Waals surface area contributed by atoms with Gasteiger partial charge in [-0.05, 0) is 12.1 Å². The number of aromatic nitrogens is 1. The molecule has 112 valence electrons. The van der Waals surface area contributed by atoms with Crippen molar-refractivity contribution in [3.05, 3.63) is 18.3 Å². The van der Waals surface area contributed by atoms with Crippen LogP contribution in [0.1, 0.15) is 0 Å². The van der Waals surface area contributed by atoms with Crippen LogP contribution in [0.5, 0.6) is 0 Å². The molecule has 1 amide bonds. The molecular formula is C11H18N4O4S. The molecule has 0 unspecified atom stereocenters. The minimum atomic E-state index is -3.84. The van der Waals surface area contributed by atoms with E-state index in [1.165, 1.54) is 32.5 Å². The van der Waals surface area contributed by atoms with Crippen LogP contribution in [-0.2, 0) is 19.6 Å². The third-order valence-corrected chi connectivity index (χ3v) is 4.33. The fourth-order valence-electron chi connectivity index (χ4n) is 1.42. The number of nitrogens with one attached hydrogen (secondary N) is 1. The first-order chi connectivity index (χ1) is 9.39. The summed E-state index contributed by atoms with van der Waals surface area (Å²) in [4.78, 5) is 15.2. The first kappa shape index (κ1) is 16.3. The average Bonchev–Trinajstić information content (AvgIpc) is 2.39. The zero-order chi connectivity index (χ0) is 15.2. The summed E-state index contributed by atoms with van der Waals surface area (Å²) in [5.74, 6) is -0.519. The Bertz CT molecular complexity index is 561. The molecule has 0 aliphatic rings. The molecular weight excluding hydrogens is 284 g/mol. The summed E-state index contributed by atoms with van der Waals surface area (Å²) in [5.41, 5.74) is 5.54. The lowest BCUT2D eigenvalue weighted by Gasteiger charge is -2.17. The third-order valence-electron chi connectivity index (χ3n) is 2.48. The van der Waals surface area contributed by atoms with Gasteiger partial charge >= 0.3 is 0 Å². The number of nitrogens with two attached hydrogens (primary N) is 1. The van der Waals surface area contributed by atoms with Crippen LogP contribution in [0.4, 0.5) is 5.82 Å². The molecule has 0 aliphatic carbocycles. The van der Waals surface area contributed by atoms with E-state index < -0.39 is 15.9 Å². The topological polar surface area (TPSA) is 115 Å². The first-order valence-corrected chi connectivity index (χ1v) is 7.26. The van der Waals surface area contributed by atoms with Crippen LogP contribution in [0.25, 0.3) is 0 Å². The van der Waals surface area contributed by atoms with Gasteiger partial charge in [-0.2, -0.15) is 4.31 Å². The Morgan fingerprint density at radius 2 is 2.25 bits per heavy atom. The summed E-state index contributed by atoms with van der Waals surface area (Å²) in [6, 6.07) is 2.81. The number of pyridine rings is 1. The predicted molar refractivity (Wildman–Crippen MR) is 73.4 cm³/mol. The number of ether oxygens (including phenoxy) is 1. The lowest BCUT2D eigenvalue weighted by atomic mass is 10.5. The molecule has 1 rings (SSSR count). The van der Waals surface area contributed by atoms with Crippen molar-refractivity contribution in [1.82, 2.24) is 14.6 Å². The van der Waals surface area contributed by atoms with Crippen LogP contribution in [-0.4, -0.2) is 57.5 Å². The maximum atomic E-state index is 12.2. The van der Waals surface area contributed by atoms with E-state index in [1.54, 1.807) is 0 Å². The molecule has 0 atom stereocenters.